The first-order chi connectivity index (χ1) is 10.7. The van der Waals surface area contributed by atoms with E-state index in [1.165, 1.54) is 38.5 Å². The topological polar surface area (TPSA) is 69.6 Å². The first-order valence-corrected chi connectivity index (χ1v) is 8.89. The van der Waals surface area contributed by atoms with E-state index in [0.29, 0.717) is 0 Å². The van der Waals surface area contributed by atoms with Crippen LogP contribution in [0.5, 0.6) is 0 Å². The average Bonchev–Trinajstić information content (AvgIpc) is 2.60. The zero-order valence-corrected chi connectivity index (χ0v) is 16.8. The summed E-state index contributed by atoms with van der Waals surface area (Å²) in [6.45, 7) is 14.6. The molecule has 0 aromatic heterocycles. The third-order valence-corrected chi connectivity index (χ3v) is 3.12. The van der Waals surface area contributed by atoms with Crippen LogP contribution in [0, 0.1) is 5.92 Å². The fourth-order valence-corrected chi connectivity index (χ4v) is 1.92. The molecule has 23 heavy (non-hydrogen) atoms. The summed E-state index contributed by atoms with van der Waals surface area (Å²) < 4.78 is 0. The van der Waals surface area contributed by atoms with E-state index in [4.69, 9.17) is 15.0 Å². The van der Waals surface area contributed by atoms with Crippen LogP contribution in [0.2, 0.25) is 0 Å². The Balaban J connectivity index is -0.0000000613. The molecule has 0 spiro atoms. The molecular formula is C19H49NO3. The van der Waals surface area contributed by atoms with Crippen LogP contribution in [0.25, 0.3) is 0 Å². The van der Waals surface area contributed by atoms with E-state index in [1.54, 1.807) is 0 Å². The van der Waals surface area contributed by atoms with Gasteiger partial charge in [-0.1, -0.05) is 75.2 Å². The van der Waals surface area contributed by atoms with Crippen molar-refractivity contribution in [1.82, 2.24) is 5.32 Å². The van der Waals surface area contributed by atoms with E-state index >= 15 is 0 Å². The second-order valence-corrected chi connectivity index (χ2v) is 4.14. The highest BCUT2D eigenvalue weighted by Gasteiger charge is 2.08. The van der Waals surface area contributed by atoms with Crippen molar-refractivity contribution in [2.75, 3.05) is 14.2 Å². The summed E-state index contributed by atoms with van der Waals surface area (Å²) in [7, 11) is 3.09. The van der Waals surface area contributed by atoms with Gasteiger partial charge >= 0.3 is 0 Å². The van der Waals surface area contributed by atoms with Crippen LogP contribution in [0.4, 0.5) is 0 Å². The Morgan fingerprint density at radius 3 is 1.48 bits per heavy atom. The zero-order chi connectivity index (χ0) is 18.8. The van der Waals surface area contributed by atoms with Gasteiger partial charge < -0.3 is 15.5 Å². The van der Waals surface area contributed by atoms with Crippen LogP contribution in [-0.4, -0.2) is 36.9 Å². The summed E-state index contributed by atoms with van der Waals surface area (Å²) in [5, 5.41) is 17.3. The highest BCUT2D eigenvalue weighted by molar-refractivity contribution is 5.32. The minimum Gasteiger partial charge on any atom is -0.483 e. The number of carboxylic acid groups (broad SMARTS) is 1. The first kappa shape index (κ1) is 38.1. The van der Waals surface area contributed by atoms with Crippen molar-refractivity contribution in [2.24, 2.45) is 5.92 Å². The molecular weight excluding hydrogens is 290 g/mol. The maximum Gasteiger partial charge on any atom is 0.290 e. The third-order valence-electron chi connectivity index (χ3n) is 3.12. The smallest absolute Gasteiger partial charge is 0.290 e. The van der Waals surface area contributed by atoms with Crippen LogP contribution in [0.15, 0.2) is 0 Å². The molecule has 0 saturated heterocycles. The molecule has 1 atom stereocenters. The molecule has 0 aromatic carbocycles. The number of aliphatic hydroxyl groups is 1. The first-order valence-electron chi connectivity index (χ1n) is 8.89. The summed E-state index contributed by atoms with van der Waals surface area (Å²) in [4.78, 5) is 8.36. The number of hydrogen-bond acceptors (Lipinski definition) is 3. The van der Waals surface area contributed by atoms with Gasteiger partial charge in [0.25, 0.3) is 6.47 Å². The van der Waals surface area contributed by atoms with Crippen molar-refractivity contribution in [1.29, 1.82) is 0 Å². The van der Waals surface area contributed by atoms with E-state index in [1.807, 2.05) is 27.7 Å². The van der Waals surface area contributed by atoms with Crippen LogP contribution >= 0.6 is 0 Å². The van der Waals surface area contributed by atoms with Gasteiger partial charge in [0.2, 0.25) is 0 Å². The molecule has 0 fully saturated rings. The van der Waals surface area contributed by atoms with Crippen molar-refractivity contribution in [3.8, 4) is 0 Å². The molecule has 0 amide bonds. The van der Waals surface area contributed by atoms with Gasteiger partial charge in [-0.05, 0) is 32.2 Å². The lowest BCUT2D eigenvalue weighted by atomic mass is 9.94. The van der Waals surface area contributed by atoms with Gasteiger partial charge in [-0.2, -0.15) is 0 Å². The number of nitrogens with one attached hydrogen (secondary N) is 1. The maximum atomic E-state index is 8.36. The molecule has 0 aliphatic carbocycles. The van der Waals surface area contributed by atoms with Crippen molar-refractivity contribution in [2.45, 2.75) is 100 Å². The predicted octanol–water partition coefficient (Wildman–Crippen LogP) is 5.59. The van der Waals surface area contributed by atoms with Crippen LogP contribution in [-0.2, 0) is 4.79 Å². The summed E-state index contributed by atoms with van der Waals surface area (Å²) in [5.41, 5.74) is 0. The number of hydrogen-bond donors (Lipinski definition) is 3. The van der Waals surface area contributed by atoms with E-state index in [2.05, 4.69) is 33.1 Å². The lowest BCUT2D eigenvalue weighted by Gasteiger charge is -2.18. The highest BCUT2D eigenvalue weighted by atomic mass is 16.3. The molecule has 1 unspecified atom stereocenters. The molecule has 0 aliphatic heterocycles. The Kier molecular flexibility index (Phi) is 82.2. The highest BCUT2D eigenvalue weighted by Crippen LogP contribution is 2.17. The van der Waals surface area contributed by atoms with E-state index in [9.17, 15) is 0 Å². The van der Waals surface area contributed by atoms with Crippen molar-refractivity contribution in [3.63, 3.8) is 0 Å². The van der Waals surface area contributed by atoms with E-state index in [-0.39, 0.29) is 13.9 Å². The molecule has 4 heteroatoms. The van der Waals surface area contributed by atoms with Gasteiger partial charge in [0.15, 0.2) is 0 Å². The number of aliphatic hydroxyl groups excluding tert-OH is 1. The van der Waals surface area contributed by atoms with Gasteiger partial charge in [-0.25, -0.2) is 0 Å². The van der Waals surface area contributed by atoms with Crippen LogP contribution < -0.4 is 5.32 Å². The molecule has 3 N–H and O–H groups in total. The zero-order valence-electron chi connectivity index (χ0n) is 16.8. The van der Waals surface area contributed by atoms with Crippen molar-refractivity contribution >= 4 is 6.47 Å². The van der Waals surface area contributed by atoms with E-state index in [0.717, 1.165) is 19.1 Å². The third kappa shape index (κ3) is 44.9. The lowest BCUT2D eigenvalue weighted by Crippen LogP contribution is -2.25. The van der Waals surface area contributed by atoms with Crippen molar-refractivity contribution in [3.05, 3.63) is 0 Å². The number of rotatable bonds is 8. The molecule has 0 aromatic rings. The molecule has 0 bridgehead atoms. The molecule has 0 radical (unpaired) electrons. The molecule has 4 nitrogen and oxygen atoms in total. The summed E-state index contributed by atoms with van der Waals surface area (Å²) in [5.74, 6) is 0.952. The standard InChI is InChI=1S/C12H27N.2C2H6.CH2O2.CH4O.CH4/c1-5-8-12(13-4)10-9-11(6-2)7-3;2*1-2;2-1-3;1-2;/h11-13H,5-10H2,1-4H3;2*1-2H3;1H,(H,2,3);2H,1H3;1H4. The number of carbonyl (C=O) groups is 1. The van der Waals surface area contributed by atoms with Gasteiger partial charge in [-0.3, -0.25) is 4.79 Å². The van der Waals surface area contributed by atoms with E-state index < -0.39 is 0 Å². The Morgan fingerprint density at radius 1 is 0.913 bits per heavy atom. The SMILES string of the molecule is C.CC.CC.CCCC(CCC(CC)CC)NC.CO.O=CO. The molecule has 0 heterocycles. The lowest BCUT2D eigenvalue weighted by molar-refractivity contribution is -0.122. The second-order valence-electron chi connectivity index (χ2n) is 4.14. The Labute approximate surface area is 148 Å². The molecule has 0 aliphatic rings. The Bertz CT molecular complexity index is 141. The predicted molar refractivity (Wildman–Crippen MR) is 107 cm³/mol. The fourth-order valence-electron chi connectivity index (χ4n) is 1.92. The summed E-state index contributed by atoms with van der Waals surface area (Å²) in [6, 6.07) is 0.755. The van der Waals surface area contributed by atoms with Gasteiger partial charge in [0.05, 0.1) is 0 Å². The summed E-state index contributed by atoms with van der Waals surface area (Å²) >= 11 is 0. The Hall–Kier alpha value is -0.610. The van der Waals surface area contributed by atoms with Gasteiger partial charge in [0.1, 0.15) is 0 Å². The minimum absolute atomic E-state index is 0. The van der Waals surface area contributed by atoms with Crippen LogP contribution in [0.1, 0.15) is 94.4 Å². The minimum atomic E-state index is -0.250. The molecule has 148 valence electrons. The van der Waals surface area contributed by atoms with Gasteiger partial charge in [0, 0.05) is 13.2 Å². The monoisotopic (exact) mass is 339 g/mol. The second kappa shape index (κ2) is 49.6. The maximum absolute atomic E-state index is 8.36. The largest absolute Gasteiger partial charge is 0.483 e. The van der Waals surface area contributed by atoms with Crippen LogP contribution in [0.3, 0.4) is 0 Å². The summed E-state index contributed by atoms with van der Waals surface area (Å²) in [6.07, 6.45) is 8.08. The average molecular weight is 340 g/mol. The molecule has 0 saturated carbocycles. The molecule has 0 rings (SSSR count). The fraction of sp³-hybridized carbons (Fsp3) is 0.947. The quantitative estimate of drug-likeness (QED) is 0.504. The Morgan fingerprint density at radius 2 is 1.26 bits per heavy atom. The normalized spacial score (nSPS) is 9.00. The van der Waals surface area contributed by atoms with Crippen molar-refractivity contribution < 1.29 is 15.0 Å². The van der Waals surface area contributed by atoms with Gasteiger partial charge in [-0.15, -0.1) is 0 Å².